The normalized spacial score (nSPS) is 14.3. The quantitative estimate of drug-likeness (QED) is 0.0374. The topological polar surface area (TPSA) is 113 Å². The van der Waals surface area contributed by atoms with Crippen molar-refractivity contribution < 1.29 is 34.4 Å². The number of hydrogen-bond acceptors (Lipinski definition) is 7. The molecule has 242 valence electrons. The molecule has 7 nitrogen and oxygen atoms in total. The van der Waals surface area contributed by atoms with Gasteiger partial charge in [-0.05, 0) is 38.5 Å². The summed E-state index contributed by atoms with van der Waals surface area (Å²) in [5, 5.41) is 29.5. The molecule has 0 heterocycles. The molecule has 0 aliphatic heterocycles. The van der Waals surface area contributed by atoms with Gasteiger partial charge in [0.1, 0.15) is 6.61 Å². The Hall–Kier alpha value is -2.22. The van der Waals surface area contributed by atoms with Gasteiger partial charge >= 0.3 is 11.9 Å². The summed E-state index contributed by atoms with van der Waals surface area (Å²) >= 11 is 0. The predicted octanol–water partition coefficient (Wildman–Crippen LogP) is 7.44. The average molecular weight is 593 g/mol. The van der Waals surface area contributed by atoms with Crippen molar-refractivity contribution in [1.82, 2.24) is 0 Å². The summed E-state index contributed by atoms with van der Waals surface area (Å²) < 4.78 is 10.4. The molecule has 0 saturated heterocycles. The minimum atomic E-state index is -0.882. The van der Waals surface area contributed by atoms with Gasteiger partial charge in [-0.1, -0.05) is 127 Å². The van der Waals surface area contributed by atoms with E-state index in [1.165, 1.54) is 57.8 Å². The molecule has 0 fully saturated rings. The van der Waals surface area contributed by atoms with E-state index in [0.29, 0.717) is 25.7 Å². The highest BCUT2D eigenvalue weighted by atomic mass is 16.6. The number of ether oxygens (including phenoxy) is 2. The van der Waals surface area contributed by atoms with Gasteiger partial charge in [0.15, 0.2) is 6.10 Å². The fourth-order valence-corrected chi connectivity index (χ4v) is 4.22. The molecule has 0 amide bonds. The zero-order valence-corrected chi connectivity index (χ0v) is 26.5. The van der Waals surface area contributed by atoms with Gasteiger partial charge in [0, 0.05) is 12.8 Å². The number of rotatable bonds is 28. The van der Waals surface area contributed by atoms with Crippen molar-refractivity contribution in [2.24, 2.45) is 0 Å². The second kappa shape index (κ2) is 30.2. The lowest BCUT2D eigenvalue weighted by Crippen LogP contribution is -2.28. The second-order valence-electron chi connectivity index (χ2n) is 10.9. The van der Waals surface area contributed by atoms with Crippen LogP contribution in [0.4, 0.5) is 0 Å². The minimum absolute atomic E-state index is 0.0946. The monoisotopic (exact) mass is 592 g/mol. The molecule has 3 atom stereocenters. The number of aliphatic hydroxyl groups is 3. The molecular formula is C35H60O7. The van der Waals surface area contributed by atoms with Crippen molar-refractivity contribution >= 4 is 11.9 Å². The van der Waals surface area contributed by atoms with Crippen LogP contribution in [0.3, 0.4) is 0 Å². The van der Waals surface area contributed by atoms with Gasteiger partial charge in [0.05, 0.1) is 18.8 Å². The Balaban J connectivity index is 3.95. The summed E-state index contributed by atoms with van der Waals surface area (Å²) in [5.41, 5.74) is 0. The number of carbonyl (C=O) groups is 2. The van der Waals surface area contributed by atoms with Gasteiger partial charge < -0.3 is 24.8 Å². The van der Waals surface area contributed by atoms with Crippen molar-refractivity contribution in [1.29, 1.82) is 0 Å². The summed E-state index contributed by atoms with van der Waals surface area (Å²) in [5.74, 6) is -0.840. The molecule has 42 heavy (non-hydrogen) atoms. The lowest BCUT2D eigenvalue weighted by Gasteiger charge is -2.16. The van der Waals surface area contributed by atoms with Gasteiger partial charge in [-0.3, -0.25) is 9.59 Å². The number of allylic oxidation sites excluding steroid dienone is 5. The number of carbonyl (C=O) groups excluding carboxylic acids is 2. The van der Waals surface area contributed by atoms with Gasteiger partial charge in [-0.25, -0.2) is 0 Å². The van der Waals surface area contributed by atoms with Crippen molar-refractivity contribution in [3.8, 4) is 0 Å². The van der Waals surface area contributed by atoms with Crippen LogP contribution in [-0.4, -0.2) is 58.8 Å². The van der Waals surface area contributed by atoms with E-state index in [4.69, 9.17) is 9.47 Å². The molecule has 0 aromatic carbocycles. The van der Waals surface area contributed by atoms with E-state index >= 15 is 0 Å². The Kier molecular flexibility index (Phi) is 28.6. The lowest BCUT2D eigenvalue weighted by atomic mass is 10.1. The number of unbranched alkanes of at least 4 members (excludes halogenated alkanes) is 11. The molecular weight excluding hydrogens is 532 g/mol. The third-order valence-electron chi connectivity index (χ3n) is 6.82. The van der Waals surface area contributed by atoms with Crippen LogP contribution in [0.15, 0.2) is 48.6 Å². The molecule has 0 aromatic rings. The van der Waals surface area contributed by atoms with Crippen LogP contribution in [0.1, 0.15) is 129 Å². The Morgan fingerprint density at radius 1 is 0.667 bits per heavy atom. The molecule has 0 spiro atoms. The summed E-state index contributed by atoms with van der Waals surface area (Å²) in [6.45, 7) is 3.82. The molecule has 0 unspecified atom stereocenters. The second-order valence-corrected chi connectivity index (χ2v) is 10.9. The van der Waals surface area contributed by atoms with E-state index in [1.54, 1.807) is 36.5 Å². The van der Waals surface area contributed by atoms with Gasteiger partial charge in [-0.15, -0.1) is 0 Å². The number of aliphatic hydroxyl groups excluding tert-OH is 3. The average Bonchev–Trinajstić information content (AvgIpc) is 2.97. The van der Waals surface area contributed by atoms with Crippen molar-refractivity contribution in [2.45, 2.75) is 148 Å². The van der Waals surface area contributed by atoms with Gasteiger partial charge in [-0.2, -0.15) is 0 Å². The first-order valence-corrected chi connectivity index (χ1v) is 16.4. The predicted molar refractivity (Wildman–Crippen MR) is 171 cm³/mol. The maximum Gasteiger partial charge on any atom is 0.306 e. The SMILES string of the molecule is CCCCC/C=C\C[C@H](O)/C=C/C=C/C=C\[C@H](O)CCCC(=O)O[C@@H](CO)COC(=O)CCCCCCCCCCC. The van der Waals surface area contributed by atoms with E-state index in [9.17, 15) is 24.9 Å². The Morgan fingerprint density at radius 2 is 1.24 bits per heavy atom. The van der Waals surface area contributed by atoms with Crippen LogP contribution < -0.4 is 0 Å². The fraction of sp³-hybridized carbons (Fsp3) is 0.714. The summed E-state index contributed by atoms with van der Waals surface area (Å²) in [4.78, 5) is 24.0. The molecule has 0 aliphatic rings. The summed E-state index contributed by atoms with van der Waals surface area (Å²) in [6, 6.07) is 0. The molecule has 0 bridgehead atoms. The maximum atomic E-state index is 12.1. The first kappa shape index (κ1) is 39.8. The Bertz CT molecular complexity index is 756. The highest BCUT2D eigenvalue weighted by Crippen LogP contribution is 2.11. The minimum Gasteiger partial charge on any atom is -0.462 e. The first-order chi connectivity index (χ1) is 20.4. The molecule has 0 saturated carbocycles. The number of esters is 2. The molecule has 0 rings (SSSR count). The Labute approximate surface area is 255 Å². The van der Waals surface area contributed by atoms with E-state index in [-0.39, 0.29) is 19.0 Å². The van der Waals surface area contributed by atoms with E-state index in [1.807, 2.05) is 6.08 Å². The smallest absolute Gasteiger partial charge is 0.306 e. The molecule has 7 heteroatoms. The first-order valence-electron chi connectivity index (χ1n) is 16.4. The molecule has 3 N–H and O–H groups in total. The standard InChI is InChI=1S/C35H60O7/c1-3-5-7-9-11-12-13-15-21-27-34(39)41-30-33(29-36)42-35(40)28-22-26-32(38)25-20-17-16-19-24-31(37)23-18-14-10-8-6-4-2/h14,16-20,24-25,31-33,36-38H,3-13,15,21-23,26-30H2,1-2H3/b17-16+,18-14-,24-19+,25-20-/t31-,32-,33-/m0/s1. The van der Waals surface area contributed by atoms with Crippen LogP contribution in [0.5, 0.6) is 0 Å². The van der Waals surface area contributed by atoms with E-state index < -0.39 is 30.9 Å². The molecule has 0 aliphatic carbocycles. The van der Waals surface area contributed by atoms with Crippen LogP contribution in [0.25, 0.3) is 0 Å². The highest BCUT2D eigenvalue weighted by Gasteiger charge is 2.16. The summed E-state index contributed by atoms with van der Waals surface area (Å²) in [7, 11) is 0. The third-order valence-corrected chi connectivity index (χ3v) is 6.82. The zero-order valence-electron chi connectivity index (χ0n) is 26.5. The summed E-state index contributed by atoms with van der Waals surface area (Å²) in [6.07, 6.45) is 29.4. The number of hydrogen-bond donors (Lipinski definition) is 3. The van der Waals surface area contributed by atoms with Gasteiger partial charge in [0.25, 0.3) is 0 Å². The van der Waals surface area contributed by atoms with Crippen LogP contribution in [-0.2, 0) is 19.1 Å². The van der Waals surface area contributed by atoms with Crippen LogP contribution in [0.2, 0.25) is 0 Å². The molecule has 0 radical (unpaired) electrons. The zero-order chi connectivity index (χ0) is 31.1. The third kappa shape index (κ3) is 27.9. The highest BCUT2D eigenvalue weighted by molar-refractivity contribution is 5.70. The maximum absolute atomic E-state index is 12.1. The largest absolute Gasteiger partial charge is 0.462 e. The van der Waals surface area contributed by atoms with E-state index in [2.05, 4.69) is 19.9 Å². The Morgan fingerprint density at radius 3 is 1.88 bits per heavy atom. The lowest BCUT2D eigenvalue weighted by molar-refractivity contribution is -0.161. The van der Waals surface area contributed by atoms with Crippen molar-refractivity contribution in [3.63, 3.8) is 0 Å². The molecule has 0 aromatic heterocycles. The van der Waals surface area contributed by atoms with Crippen molar-refractivity contribution in [3.05, 3.63) is 48.6 Å². The van der Waals surface area contributed by atoms with Crippen LogP contribution in [0, 0.1) is 0 Å². The fourth-order valence-electron chi connectivity index (χ4n) is 4.22. The van der Waals surface area contributed by atoms with Crippen molar-refractivity contribution in [2.75, 3.05) is 13.2 Å². The van der Waals surface area contributed by atoms with Crippen LogP contribution >= 0.6 is 0 Å². The van der Waals surface area contributed by atoms with Gasteiger partial charge in [0.2, 0.25) is 0 Å². The van der Waals surface area contributed by atoms with E-state index in [0.717, 1.165) is 25.7 Å².